The van der Waals surface area contributed by atoms with Crippen LogP contribution < -0.4 is 11.1 Å². The van der Waals surface area contributed by atoms with E-state index in [-0.39, 0.29) is 30.8 Å². The summed E-state index contributed by atoms with van der Waals surface area (Å²) in [5, 5.41) is 8.95. The van der Waals surface area contributed by atoms with Crippen LogP contribution in [0.5, 0.6) is 0 Å². The number of hydrogen-bond acceptors (Lipinski definition) is 7. The summed E-state index contributed by atoms with van der Waals surface area (Å²) in [6, 6.07) is 3.73. The lowest BCUT2D eigenvalue weighted by molar-refractivity contribution is -0.155. The van der Waals surface area contributed by atoms with Crippen molar-refractivity contribution in [1.29, 1.82) is 0 Å². The third kappa shape index (κ3) is 5.35. The molecule has 1 fully saturated rings. The van der Waals surface area contributed by atoms with Crippen molar-refractivity contribution < 1.29 is 18.7 Å². The van der Waals surface area contributed by atoms with Gasteiger partial charge in [0.15, 0.2) is 6.10 Å². The summed E-state index contributed by atoms with van der Waals surface area (Å²) >= 11 is 1.40. The highest BCUT2D eigenvalue weighted by atomic mass is 32.1. The Bertz CT molecular complexity index is 888. The molecule has 0 bridgehead atoms. The first-order valence-electron chi connectivity index (χ1n) is 9.97. The number of aryl methyl sites for hydroxylation is 1. The Labute approximate surface area is 173 Å². The normalized spacial score (nSPS) is 22.8. The van der Waals surface area contributed by atoms with Gasteiger partial charge in [-0.2, -0.15) is 4.68 Å². The van der Waals surface area contributed by atoms with Gasteiger partial charge in [-0.3, -0.25) is 9.59 Å². The molecule has 8 nitrogen and oxygen atoms in total. The van der Waals surface area contributed by atoms with E-state index in [1.807, 2.05) is 11.4 Å². The lowest BCUT2D eigenvalue weighted by atomic mass is 9.78. The molecular weight excluding hydrogens is 394 g/mol. The molecule has 0 aliphatic heterocycles. The number of hydrogen-bond donors (Lipinski definition) is 1. The topological polar surface area (TPSA) is 103 Å². The average molecular weight is 422 g/mol. The van der Waals surface area contributed by atoms with Crippen LogP contribution in [0.25, 0.3) is 10.8 Å². The minimum Gasteiger partial charge on any atom is -0.452 e. The summed E-state index contributed by atoms with van der Waals surface area (Å²) in [7, 11) is 0. The van der Waals surface area contributed by atoms with Gasteiger partial charge in [-0.15, -0.1) is 16.4 Å². The standard InChI is InChI=1S/C20H27N3O5S/c1-12-6-4-7-15(13(12)2)21-18(25)14(3)27-17(24)9-10-23-20(26)28-19(22-23)16-8-5-11-29-16/h5,8,11-15H,4,6-7,9-10H2,1-3H3,(H,21,25). The highest BCUT2D eigenvalue weighted by molar-refractivity contribution is 7.13. The first kappa shape index (κ1) is 21.3. The van der Waals surface area contributed by atoms with Crippen molar-refractivity contribution in [3.63, 3.8) is 0 Å². The van der Waals surface area contributed by atoms with Gasteiger partial charge in [0.1, 0.15) is 0 Å². The number of amides is 1. The quantitative estimate of drug-likeness (QED) is 0.690. The minimum atomic E-state index is -0.886. The highest BCUT2D eigenvalue weighted by Crippen LogP contribution is 2.29. The summed E-state index contributed by atoms with van der Waals surface area (Å²) in [6.45, 7) is 5.92. The van der Waals surface area contributed by atoms with Crippen molar-refractivity contribution in [2.45, 2.75) is 65.1 Å². The van der Waals surface area contributed by atoms with Crippen LogP contribution in [0.3, 0.4) is 0 Å². The third-order valence-corrected chi connectivity index (χ3v) is 6.44. The Kier molecular flexibility index (Phi) is 6.89. The Hall–Kier alpha value is -2.42. The van der Waals surface area contributed by atoms with Crippen molar-refractivity contribution in [3.8, 4) is 10.8 Å². The van der Waals surface area contributed by atoms with Crippen LogP contribution in [0, 0.1) is 11.8 Å². The number of thiophene rings is 1. The first-order valence-corrected chi connectivity index (χ1v) is 10.8. The van der Waals surface area contributed by atoms with Crippen molar-refractivity contribution in [2.24, 2.45) is 11.8 Å². The van der Waals surface area contributed by atoms with Crippen LogP contribution >= 0.6 is 11.3 Å². The second-order valence-corrected chi connectivity index (χ2v) is 8.59. The van der Waals surface area contributed by atoms with Gasteiger partial charge in [-0.1, -0.05) is 32.8 Å². The minimum absolute atomic E-state index is 0.0258. The van der Waals surface area contributed by atoms with Crippen molar-refractivity contribution in [2.75, 3.05) is 0 Å². The fourth-order valence-corrected chi connectivity index (χ4v) is 4.18. The molecule has 1 aliphatic carbocycles. The predicted octanol–water partition coefficient (Wildman–Crippen LogP) is 2.83. The van der Waals surface area contributed by atoms with Crippen molar-refractivity contribution >= 4 is 23.2 Å². The van der Waals surface area contributed by atoms with Crippen LogP contribution in [-0.4, -0.2) is 33.8 Å². The SMILES string of the molecule is CC(OC(=O)CCn1nc(-c2cccs2)oc1=O)C(=O)NC1CCCC(C)C1C. The fraction of sp³-hybridized carbons (Fsp3) is 0.600. The number of carbonyl (C=O) groups is 2. The Morgan fingerprint density at radius 2 is 2.21 bits per heavy atom. The smallest absolute Gasteiger partial charge is 0.437 e. The van der Waals surface area contributed by atoms with Crippen LogP contribution in [-0.2, 0) is 20.9 Å². The van der Waals surface area contributed by atoms with Crippen LogP contribution in [0.2, 0.25) is 0 Å². The molecule has 1 saturated carbocycles. The molecule has 1 amide bonds. The van der Waals surface area contributed by atoms with E-state index < -0.39 is 17.8 Å². The van der Waals surface area contributed by atoms with Gasteiger partial charge in [0, 0.05) is 6.04 Å². The molecule has 1 N–H and O–H groups in total. The van der Waals surface area contributed by atoms with Crippen LogP contribution in [0.1, 0.15) is 46.5 Å². The lowest BCUT2D eigenvalue weighted by Crippen LogP contribution is -2.47. The zero-order chi connectivity index (χ0) is 21.0. The van der Waals surface area contributed by atoms with E-state index in [2.05, 4.69) is 24.3 Å². The van der Waals surface area contributed by atoms with Gasteiger partial charge in [-0.25, -0.2) is 4.79 Å². The lowest BCUT2D eigenvalue weighted by Gasteiger charge is -2.35. The zero-order valence-electron chi connectivity index (χ0n) is 16.9. The Morgan fingerprint density at radius 3 is 2.93 bits per heavy atom. The molecule has 0 saturated heterocycles. The van der Waals surface area contributed by atoms with E-state index in [4.69, 9.17) is 9.15 Å². The maximum atomic E-state index is 12.4. The van der Waals surface area contributed by atoms with E-state index in [9.17, 15) is 14.4 Å². The molecule has 0 aromatic carbocycles. The van der Waals surface area contributed by atoms with E-state index in [1.165, 1.54) is 17.8 Å². The van der Waals surface area contributed by atoms with Gasteiger partial charge in [0.05, 0.1) is 17.8 Å². The monoisotopic (exact) mass is 421 g/mol. The van der Waals surface area contributed by atoms with Gasteiger partial charge < -0.3 is 14.5 Å². The number of aromatic nitrogens is 2. The summed E-state index contributed by atoms with van der Waals surface area (Å²) in [4.78, 5) is 37.1. The summed E-state index contributed by atoms with van der Waals surface area (Å²) in [5.41, 5.74) is 0. The molecule has 4 unspecified atom stereocenters. The van der Waals surface area contributed by atoms with E-state index in [0.717, 1.165) is 22.4 Å². The number of ether oxygens (including phenoxy) is 1. The molecular formula is C20H27N3O5S. The maximum Gasteiger partial charge on any atom is 0.437 e. The predicted molar refractivity (Wildman–Crippen MR) is 108 cm³/mol. The molecule has 2 aromatic rings. The molecule has 158 valence electrons. The van der Waals surface area contributed by atoms with Crippen molar-refractivity contribution in [3.05, 3.63) is 28.1 Å². The van der Waals surface area contributed by atoms with Gasteiger partial charge in [0.25, 0.3) is 11.8 Å². The van der Waals surface area contributed by atoms with Crippen LogP contribution in [0.4, 0.5) is 0 Å². The Balaban J connectivity index is 1.48. The maximum absolute atomic E-state index is 12.4. The second-order valence-electron chi connectivity index (χ2n) is 7.64. The fourth-order valence-electron chi connectivity index (χ4n) is 3.54. The summed E-state index contributed by atoms with van der Waals surface area (Å²) in [6.07, 6.45) is 2.24. The number of rotatable bonds is 7. The van der Waals surface area contributed by atoms with Crippen molar-refractivity contribution in [1.82, 2.24) is 15.1 Å². The van der Waals surface area contributed by atoms with Crippen LogP contribution in [0.15, 0.2) is 26.7 Å². The zero-order valence-corrected chi connectivity index (χ0v) is 17.7. The van der Waals surface area contributed by atoms with Gasteiger partial charge >= 0.3 is 11.7 Å². The second kappa shape index (κ2) is 9.39. The highest BCUT2D eigenvalue weighted by Gasteiger charge is 2.30. The largest absolute Gasteiger partial charge is 0.452 e. The first-order chi connectivity index (χ1) is 13.8. The average Bonchev–Trinajstić information content (AvgIpc) is 3.33. The molecule has 9 heteroatoms. The number of nitrogens with one attached hydrogen (secondary N) is 1. The van der Waals surface area contributed by atoms with Gasteiger partial charge in [0.2, 0.25) is 0 Å². The molecule has 2 heterocycles. The molecule has 2 aromatic heterocycles. The molecule has 4 atom stereocenters. The van der Waals surface area contributed by atoms with E-state index in [0.29, 0.717) is 11.8 Å². The molecule has 29 heavy (non-hydrogen) atoms. The summed E-state index contributed by atoms with van der Waals surface area (Å²) in [5.74, 6) is -0.304. The number of nitrogens with zero attached hydrogens (tertiary/aromatic N) is 2. The molecule has 0 spiro atoms. The van der Waals surface area contributed by atoms with Gasteiger partial charge in [-0.05, 0) is 36.6 Å². The third-order valence-electron chi connectivity index (χ3n) is 5.58. The van der Waals surface area contributed by atoms with E-state index in [1.54, 1.807) is 13.0 Å². The number of esters is 1. The molecule has 1 aliphatic rings. The van der Waals surface area contributed by atoms with E-state index >= 15 is 0 Å². The Morgan fingerprint density at radius 1 is 1.41 bits per heavy atom. The number of carbonyl (C=O) groups excluding carboxylic acids is 2. The summed E-state index contributed by atoms with van der Waals surface area (Å²) < 4.78 is 11.4. The molecule has 0 radical (unpaired) electrons. The molecule has 3 rings (SSSR count).